The summed E-state index contributed by atoms with van der Waals surface area (Å²) in [5, 5.41) is 13.7. The van der Waals surface area contributed by atoms with Crippen molar-refractivity contribution in [1.29, 1.82) is 0 Å². The van der Waals surface area contributed by atoms with Gasteiger partial charge in [-0.15, -0.1) is 10.2 Å². The zero-order chi connectivity index (χ0) is 18.5. The zero-order valence-corrected chi connectivity index (χ0v) is 16.0. The van der Waals surface area contributed by atoms with Gasteiger partial charge in [-0.1, -0.05) is 78.0 Å². The summed E-state index contributed by atoms with van der Waals surface area (Å²) >= 11 is 7.90. The number of thioether (sulfide) groups is 1. The fourth-order valence-electron chi connectivity index (χ4n) is 2.66. The number of nitrogens with zero attached hydrogens (tertiary/aromatic N) is 3. The van der Waals surface area contributed by atoms with Crippen molar-refractivity contribution >= 4 is 35.0 Å². The lowest BCUT2D eigenvalue weighted by atomic mass is 10.2. The van der Waals surface area contributed by atoms with Gasteiger partial charge in [0.15, 0.2) is 5.16 Å². The van der Waals surface area contributed by atoms with E-state index in [9.17, 15) is 0 Å². The molecule has 4 rings (SSSR count). The molecule has 0 aliphatic carbocycles. The van der Waals surface area contributed by atoms with Gasteiger partial charge < -0.3 is 5.32 Å². The van der Waals surface area contributed by atoms with E-state index in [1.807, 2.05) is 89.5 Å². The Morgan fingerprint density at radius 1 is 0.815 bits per heavy atom. The van der Waals surface area contributed by atoms with E-state index in [2.05, 4.69) is 15.5 Å². The van der Waals surface area contributed by atoms with Crippen LogP contribution in [0.2, 0.25) is 5.02 Å². The summed E-state index contributed by atoms with van der Waals surface area (Å²) < 4.78 is 2.02. The van der Waals surface area contributed by atoms with Crippen LogP contribution in [0.4, 0.5) is 11.6 Å². The average Bonchev–Trinajstić information content (AvgIpc) is 3.11. The molecule has 0 unspecified atom stereocenters. The van der Waals surface area contributed by atoms with Crippen LogP contribution >= 0.6 is 23.4 Å². The van der Waals surface area contributed by atoms with Crippen LogP contribution in [0.15, 0.2) is 90.1 Å². The van der Waals surface area contributed by atoms with Crippen molar-refractivity contribution in [1.82, 2.24) is 14.8 Å². The van der Waals surface area contributed by atoms with Crippen LogP contribution in [0.3, 0.4) is 0 Å². The maximum Gasteiger partial charge on any atom is 0.234 e. The smallest absolute Gasteiger partial charge is 0.234 e. The molecule has 0 fully saturated rings. The highest BCUT2D eigenvalue weighted by Crippen LogP contribution is 2.30. The van der Waals surface area contributed by atoms with Crippen molar-refractivity contribution in [2.24, 2.45) is 0 Å². The van der Waals surface area contributed by atoms with Gasteiger partial charge in [-0.3, -0.25) is 4.57 Å². The van der Waals surface area contributed by atoms with Crippen molar-refractivity contribution < 1.29 is 0 Å². The third-order valence-corrected chi connectivity index (χ3v) is 5.34. The lowest BCUT2D eigenvalue weighted by Crippen LogP contribution is -2.03. The number of hydrogen-bond acceptors (Lipinski definition) is 4. The van der Waals surface area contributed by atoms with E-state index < -0.39 is 0 Å². The van der Waals surface area contributed by atoms with Crippen molar-refractivity contribution in [2.75, 3.05) is 5.32 Å². The van der Waals surface area contributed by atoms with E-state index in [-0.39, 0.29) is 0 Å². The molecule has 3 aromatic carbocycles. The number of benzene rings is 3. The van der Waals surface area contributed by atoms with Crippen LogP contribution in [0.5, 0.6) is 0 Å². The first kappa shape index (κ1) is 17.6. The maximum absolute atomic E-state index is 6.29. The Labute approximate surface area is 167 Å². The lowest BCUT2D eigenvalue weighted by Gasteiger charge is -2.11. The molecular weight excluding hydrogens is 376 g/mol. The van der Waals surface area contributed by atoms with Gasteiger partial charge in [0.25, 0.3) is 0 Å². The van der Waals surface area contributed by atoms with E-state index in [1.165, 1.54) is 0 Å². The molecule has 6 heteroatoms. The van der Waals surface area contributed by atoms with Crippen LogP contribution in [0.1, 0.15) is 5.56 Å². The van der Waals surface area contributed by atoms with Crippen molar-refractivity contribution in [3.63, 3.8) is 0 Å². The SMILES string of the molecule is Clc1ccccc1CSc1nnc(Nc2ccccc2)n1-c1ccccc1. The number of rotatable bonds is 6. The molecule has 1 heterocycles. The summed E-state index contributed by atoms with van der Waals surface area (Å²) in [6.07, 6.45) is 0. The largest absolute Gasteiger partial charge is 0.324 e. The fourth-order valence-corrected chi connectivity index (χ4v) is 3.90. The second kappa shape index (κ2) is 8.29. The first-order chi connectivity index (χ1) is 13.3. The molecule has 1 N–H and O–H groups in total. The van der Waals surface area contributed by atoms with E-state index >= 15 is 0 Å². The van der Waals surface area contributed by atoms with Gasteiger partial charge in [0.05, 0.1) is 5.69 Å². The Kier molecular flexibility index (Phi) is 5.42. The van der Waals surface area contributed by atoms with Crippen LogP contribution < -0.4 is 5.32 Å². The van der Waals surface area contributed by atoms with Crippen molar-refractivity contribution in [3.05, 3.63) is 95.5 Å². The number of halogens is 1. The summed E-state index contributed by atoms with van der Waals surface area (Å²) in [6.45, 7) is 0. The monoisotopic (exact) mass is 392 g/mol. The Balaban J connectivity index is 1.66. The lowest BCUT2D eigenvalue weighted by molar-refractivity contribution is 0.886. The van der Waals surface area contributed by atoms with Crippen LogP contribution in [-0.4, -0.2) is 14.8 Å². The van der Waals surface area contributed by atoms with Gasteiger partial charge >= 0.3 is 0 Å². The number of anilines is 2. The number of aromatic nitrogens is 3. The molecular formula is C21H17ClN4S. The maximum atomic E-state index is 6.29. The van der Waals surface area contributed by atoms with E-state index in [0.717, 1.165) is 32.9 Å². The van der Waals surface area contributed by atoms with Crippen LogP contribution in [-0.2, 0) is 5.75 Å². The van der Waals surface area contributed by atoms with Gasteiger partial charge in [0.2, 0.25) is 5.95 Å². The molecule has 0 amide bonds. The second-order valence-corrected chi connectivity index (χ2v) is 7.20. The molecule has 27 heavy (non-hydrogen) atoms. The minimum atomic E-state index is 0.675. The highest BCUT2D eigenvalue weighted by molar-refractivity contribution is 7.98. The molecule has 4 nitrogen and oxygen atoms in total. The molecule has 134 valence electrons. The molecule has 0 saturated carbocycles. The van der Waals surface area contributed by atoms with Gasteiger partial charge in [0.1, 0.15) is 0 Å². The van der Waals surface area contributed by atoms with Gasteiger partial charge in [-0.05, 0) is 35.9 Å². The minimum Gasteiger partial charge on any atom is -0.324 e. The minimum absolute atomic E-state index is 0.675. The first-order valence-electron chi connectivity index (χ1n) is 8.50. The Morgan fingerprint density at radius 3 is 2.22 bits per heavy atom. The Bertz CT molecular complexity index is 1020. The third-order valence-electron chi connectivity index (χ3n) is 3.99. The standard InChI is InChI=1S/C21H17ClN4S/c22-19-14-8-7-9-16(19)15-27-21-25-24-20(23-17-10-3-1-4-11-17)26(21)18-12-5-2-6-13-18/h1-14H,15H2,(H,23,24). The fraction of sp³-hybridized carbons (Fsp3) is 0.0476. The Morgan fingerprint density at radius 2 is 1.48 bits per heavy atom. The zero-order valence-electron chi connectivity index (χ0n) is 14.4. The molecule has 0 saturated heterocycles. The molecule has 0 aliphatic heterocycles. The van der Waals surface area contributed by atoms with Gasteiger partial charge in [0, 0.05) is 16.5 Å². The number of nitrogens with one attached hydrogen (secondary N) is 1. The van der Waals surface area contributed by atoms with E-state index in [0.29, 0.717) is 5.95 Å². The van der Waals surface area contributed by atoms with Crippen LogP contribution in [0, 0.1) is 0 Å². The predicted octanol–water partition coefficient (Wildman–Crippen LogP) is 5.96. The summed E-state index contributed by atoms with van der Waals surface area (Å²) in [5.41, 5.74) is 3.04. The molecule has 0 spiro atoms. The highest BCUT2D eigenvalue weighted by Gasteiger charge is 2.15. The molecule has 0 radical (unpaired) electrons. The third kappa shape index (κ3) is 4.15. The summed E-state index contributed by atoms with van der Waals surface area (Å²) in [6, 6.07) is 27.9. The number of para-hydroxylation sites is 2. The molecule has 4 aromatic rings. The molecule has 1 aromatic heterocycles. The number of hydrogen-bond donors (Lipinski definition) is 1. The second-order valence-electron chi connectivity index (χ2n) is 5.85. The van der Waals surface area contributed by atoms with E-state index in [4.69, 9.17) is 11.6 Å². The topological polar surface area (TPSA) is 42.7 Å². The average molecular weight is 393 g/mol. The molecule has 0 atom stereocenters. The van der Waals surface area contributed by atoms with Crippen LogP contribution in [0.25, 0.3) is 5.69 Å². The molecule has 0 aliphatic rings. The first-order valence-corrected chi connectivity index (χ1v) is 9.87. The quantitative estimate of drug-likeness (QED) is 0.411. The van der Waals surface area contributed by atoms with E-state index in [1.54, 1.807) is 11.8 Å². The van der Waals surface area contributed by atoms with Gasteiger partial charge in [-0.2, -0.15) is 0 Å². The van der Waals surface area contributed by atoms with Gasteiger partial charge in [-0.25, -0.2) is 0 Å². The normalized spacial score (nSPS) is 10.7. The summed E-state index contributed by atoms with van der Waals surface area (Å²) in [7, 11) is 0. The van der Waals surface area contributed by atoms with Crippen molar-refractivity contribution in [2.45, 2.75) is 10.9 Å². The predicted molar refractivity (Wildman–Crippen MR) is 112 cm³/mol. The Hall–Kier alpha value is -2.76. The molecule has 0 bridgehead atoms. The summed E-state index contributed by atoms with van der Waals surface area (Å²) in [4.78, 5) is 0. The highest BCUT2D eigenvalue weighted by atomic mass is 35.5. The summed E-state index contributed by atoms with van der Waals surface area (Å²) in [5.74, 6) is 1.39. The van der Waals surface area contributed by atoms with Crippen molar-refractivity contribution in [3.8, 4) is 5.69 Å².